The van der Waals surface area contributed by atoms with E-state index in [1.807, 2.05) is 60.8 Å². The largest absolute Gasteiger partial charge is 0.457 e. The normalized spacial score (nSPS) is 11.5. The lowest BCUT2D eigenvalue weighted by Crippen LogP contribution is -2.06. The number of halogens is 1. The predicted molar refractivity (Wildman–Crippen MR) is 121 cm³/mol. The highest BCUT2D eigenvalue weighted by Crippen LogP contribution is 2.32. The minimum absolute atomic E-state index is 0.208. The lowest BCUT2D eigenvalue weighted by atomic mass is 10.2. The highest BCUT2D eigenvalue weighted by Gasteiger charge is 2.16. The minimum Gasteiger partial charge on any atom is -0.457 e. The molecule has 2 N–H and O–H groups in total. The monoisotopic (exact) mass is 417 g/mol. The van der Waals surface area contributed by atoms with Crippen molar-refractivity contribution in [3.8, 4) is 11.5 Å². The van der Waals surface area contributed by atoms with Gasteiger partial charge in [0.1, 0.15) is 22.2 Å². The Bertz CT molecular complexity index is 1340. The summed E-state index contributed by atoms with van der Waals surface area (Å²) < 4.78 is 8.13. The van der Waals surface area contributed by atoms with Crippen molar-refractivity contribution in [3.05, 3.63) is 72.0 Å². The smallest absolute Gasteiger partial charge is 0.208 e. The van der Waals surface area contributed by atoms with E-state index < -0.39 is 0 Å². The molecule has 3 heterocycles. The molecule has 0 fully saturated rings. The molecule has 0 spiro atoms. The molecule has 2 aromatic carbocycles. The van der Waals surface area contributed by atoms with Crippen LogP contribution in [-0.4, -0.2) is 19.5 Å². The second kappa shape index (κ2) is 7.39. The van der Waals surface area contributed by atoms with Gasteiger partial charge >= 0.3 is 0 Å². The zero-order chi connectivity index (χ0) is 20.7. The third-order valence-electron chi connectivity index (χ3n) is 4.89. The van der Waals surface area contributed by atoms with E-state index in [9.17, 15) is 0 Å². The molecule has 5 rings (SSSR count). The van der Waals surface area contributed by atoms with Crippen molar-refractivity contribution in [2.75, 3.05) is 5.32 Å². The van der Waals surface area contributed by atoms with Gasteiger partial charge in [0, 0.05) is 18.3 Å². The molecule has 0 radical (unpaired) electrons. The van der Waals surface area contributed by atoms with Crippen molar-refractivity contribution in [3.63, 3.8) is 0 Å². The third-order valence-corrected chi connectivity index (χ3v) is 5.10. The third kappa shape index (κ3) is 3.35. The van der Waals surface area contributed by atoms with E-state index in [-0.39, 0.29) is 6.04 Å². The van der Waals surface area contributed by atoms with Crippen LogP contribution in [0.4, 0.5) is 11.6 Å². The van der Waals surface area contributed by atoms with Gasteiger partial charge in [0.2, 0.25) is 5.95 Å². The first-order chi connectivity index (χ1) is 14.6. The molecule has 0 saturated carbocycles. The van der Waals surface area contributed by atoms with Crippen LogP contribution in [0, 0.1) is 0 Å². The summed E-state index contributed by atoms with van der Waals surface area (Å²) in [6.45, 7) is 4.26. The number of nitrogens with zero attached hydrogens (tertiary/aromatic N) is 3. The van der Waals surface area contributed by atoms with Crippen LogP contribution in [0.15, 0.2) is 66.9 Å². The maximum absolute atomic E-state index is 6.09. The SMILES string of the molecule is CC(C)n1c(Nc2c[nH]c3ccc(Cl)nc23)nc2cc(Oc3ccccc3)ccc21. The number of aromatic nitrogens is 4. The Morgan fingerprint density at radius 1 is 1.00 bits per heavy atom. The van der Waals surface area contributed by atoms with Crippen LogP contribution in [0.25, 0.3) is 22.1 Å². The topological polar surface area (TPSA) is 67.8 Å². The van der Waals surface area contributed by atoms with E-state index in [1.165, 1.54) is 0 Å². The number of aromatic amines is 1. The number of nitrogens with one attached hydrogen (secondary N) is 2. The van der Waals surface area contributed by atoms with E-state index in [1.54, 1.807) is 6.07 Å². The van der Waals surface area contributed by atoms with Crippen molar-refractivity contribution >= 4 is 45.3 Å². The van der Waals surface area contributed by atoms with Gasteiger partial charge in [0.05, 0.1) is 22.2 Å². The van der Waals surface area contributed by atoms with Crippen molar-refractivity contribution in [1.29, 1.82) is 0 Å². The number of pyridine rings is 1. The summed E-state index contributed by atoms with van der Waals surface area (Å²) >= 11 is 6.09. The fourth-order valence-corrected chi connectivity index (χ4v) is 3.72. The number of H-pyrrole nitrogens is 1. The minimum atomic E-state index is 0.208. The van der Waals surface area contributed by atoms with E-state index in [4.69, 9.17) is 21.3 Å². The fourth-order valence-electron chi connectivity index (χ4n) is 3.57. The zero-order valence-corrected chi connectivity index (χ0v) is 17.3. The summed E-state index contributed by atoms with van der Waals surface area (Å²) in [4.78, 5) is 12.5. The molecule has 0 aliphatic heterocycles. The number of ether oxygens (including phenoxy) is 1. The van der Waals surface area contributed by atoms with Gasteiger partial charge in [-0.1, -0.05) is 29.8 Å². The number of benzene rings is 2. The highest BCUT2D eigenvalue weighted by molar-refractivity contribution is 6.29. The lowest BCUT2D eigenvalue weighted by Gasteiger charge is -2.14. The molecule has 30 heavy (non-hydrogen) atoms. The summed E-state index contributed by atoms with van der Waals surface area (Å²) in [6, 6.07) is 19.6. The molecule has 0 bridgehead atoms. The van der Waals surface area contributed by atoms with Gasteiger partial charge in [-0.15, -0.1) is 0 Å². The molecule has 0 amide bonds. The van der Waals surface area contributed by atoms with Gasteiger partial charge in [-0.25, -0.2) is 9.97 Å². The van der Waals surface area contributed by atoms with Crippen LogP contribution in [0.1, 0.15) is 19.9 Å². The first kappa shape index (κ1) is 18.5. The average molecular weight is 418 g/mol. The van der Waals surface area contributed by atoms with Gasteiger partial charge in [0.25, 0.3) is 0 Å². The van der Waals surface area contributed by atoms with Gasteiger partial charge < -0.3 is 19.6 Å². The number of hydrogen-bond donors (Lipinski definition) is 2. The second-order valence-electron chi connectivity index (χ2n) is 7.32. The van der Waals surface area contributed by atoms with Gasteiger partial charge in [-0.2, -0.15) is 0 Å². The number of imidazole rings is 1. The Balaban J connectivity index is 1.55. The van der Waals surface area contributed by atoms with Crippen LogP contribution >= 0.6 is 11.6 Å². The van der Waals surface area contributed by atoms with Crippen LogP contribution in [0.3, 0.4) is 0 Å². The van der Waals surface area contributed by atoms with Crippen molar-refractivity contribution in [2.24, 2.45) is 0 Å². The lowest BCUT2D eigenvalue weighted by molar-refractivity contribution is 0.483. The summed E-state index contributed by atoms with van der Waals surface area (Å²) in [5.74, 6) is 2.27. The molecule has 0 aliphatic rings. The van der Waals surface area contributed by atoms with Crippen LogP contribution < -0.4 is 10.1 Å². The summed E-state index contributed by atoms with van der Waals surface area (Å²) in [5, 5.41) is 3.87. The van der Waals surface area contributed by atoms with Crippen LogP contribution in [-0.2, 0) is 0 Å². The summed E-state index contributed by atoms with van der Waals surface area (Å²) in [7, 11) is 0. The van der Waals surface area contributed by atoms with E-state index in [0.717, 1.165) is 45.2 Å². The second-order valence-corrected chi connectivity index (χ2v) is 7.71. The molecule has 6 nitrogen and oxygen atoms in total. The molecule has 0 aliphatic carbocycles. The fraction of sp³-hybridized carbons (Fsp3) is 0.130. The molecule has 3 aromatic heterocycles. The van der Waals surface area contributed by atoms with E-state index in [0.29, 0.717) is 5.15 Å². The highest BCUT2D eigenvalue weighted by atomic mass is 35.5. The maximum atomic E-state index is 6.09. The predicted octanol–water partition coefficient (Wildman–Crippen LogP) is 6.68. The summed E-state index contributed by atoms with van der Waals surface area (Å²) in [6.07, 6.45) is 1.88. The Hall–Kier alpha value is -3.51. The van der Waals surface area contributed by atoms with Crippen molar-refractivity contribution in [1.82, 2.24) is 19.5 Å². The number of fused-ring (bicyclic) bond motifs is 2. The number of rotatable bonds is 5. The molecular weight excluding hydrogens is 398 g/mol. The quantitative estimate of drug-likeness (QED) is 0.313. The first-order valence-electron chi connectivity index (χ1n) is 9.74. The Kier molecular flexibility index (Phi) is 4.56. The van der Waals surface area contributed by atoms with Gasteiger partial charge in [-0.3, -0.25) is 0 Å². The van der Waals surface area contributed by atoms with E-state index in [2.05, 4.69) is 33.7 Å². The van der Waals surface area contributed by atoms with Crippen LogP contribution in [0.5, 0.6) is 11.5 Å². The molecule has 7 heteroatoms. The zero-order valence-electron chi connectivity index (χ0n) is 16.6. The van der Waals surface area contributed by atoms with Crippen molar-refractivity contribution in [2.45, 2.75) is 19.9 Å². The summed E-state index contributed by atoms with van der Waals surface area (Å²) in [5.41, 5.74) is 4.39. The average Bonchev–Trinajstić information content (AvgIpc) is 3.29. The van der Waals surface area contributed by atoms with Crippen LogP contribution in [0.2, 0.25) is 5.15 Å². The molecule has 0 unspecified atom stereocenters. The molecule has 5 aromatic rings. The Morgan fingerprint density at radius 3 is 2.63 bits per heavy atom. The van der Waals surface area contributed by atoms with Gasteiger partial charge in [-0.05, 0) is 50.2 Å². The number of anilines is 2. The van der Waals surface area contributed by atoms with Crippen molar-refractivity contribution < 1.29 is 4.74 Å². The molecule has 0 atom stereocenters. The standard InChI is InChI=1S/C23H20ClN5O/c1-14(2)29-20-10-8-16(30-15-6-4-3-5-7-15)12-18(20)26-23(29)27-19-13-25-17-9-11-21(24)28-22(17)19/h3-14,25H,1-2H3,(H,26,27). The Morgan fingerprint density at radius 2 is 1.83 bits per heavy atom. The molecular formula is C23H20ClN5O. The number of hydrogen-bond acceptors (Lipinski definition) is 4. The Labute approximate surface area is 178 Å². The van der Waals surface area contributed by atoms with E-state index >= 15 is 0 Å². The van der Waals surface area contributed by atoms with Gasteiger partial charge in [0.15, 0.2) is 0 Å². The molecule has 0 saturated heterocycles. The maximum Gasteiger partial charge on any atom is 0.208 e. The molecule has 150 valence electrons. The number of para-hydroxylation sites is 1. The first-order valence-corrected chi connectivity index (χ1v) is 10.1.